The zero-order chi connectivity index (χ0) is 32.1. The molecule has 7 nitrogen and oxygen atoms in total. The second-order valence-electron chi connectivity index (χ2n) is 14.1. The third kappa shape index (κ3) is 4.94. The van der Waals surface area contributed by atoms with Crippen molar-refractivity contribution in [2.45, 2.75) is 80.3 Å². The van der Waals surface area contributed by atoms with E-state index in [2.05, 4.69) is 29.3 Å². The van der Waals surface area contributed by atoms with Crippen LogP contribution in [0.3, 0.4) is 0 Å². The first-order valence-corrected chi connectivity index (χ1v) is 16.6. The third-order valence-electron chi connectivity index (χ3n) is 11.7. The smallest absolute Gasteiger partial charge is 0.160 e. The maximum Gasteiger partial charge on any atom is 0.160 e. The van der Waals surface area contributed by atoms with Gasteiger partial charge in [0.15, 0.2) is 23.0 Å². The van der Waals surface area contributed by atoms with E-state index in [9.17, 15) is 25.2 Å². The van der Waals surface area contributed by atoms with E-state index in [0.717, 1.165) is 42.4 Å². The molecule has 0 aromatic heterocycles. The minimum Gasteiger partial charge on any atom is -0.504 e. The highest BCUT2D eigenvalue weighted by Gasteiger charge is 2.69. The lowest BCUT2D eigenvalue weighted by Gasteiger charge is -2.69. The number of hydrogen-bond acceptors (Lipinski definition) is 7. The summed E-state index contributed by atoms with van der Waals surface area (Å²) < 4.78 is 5.45. The van der Waals surface area contributed by atoms with Crippen molar-refractivity contribution in [1.29, 1.82) is 0 Å². The lowest BCUT2D eigenvalue weighted by Crippen LogP contribution is -2.77. The Balaban J connectivity index is 1.40. The number of aromatic hydroxyl groups is 3. The molecule has 0 unspecified atom stereocenters. The van der Waals surface area contributed by atoms with Gasteiger partial charge >= 0.3 is 0 Å². The van der Waals surface area contributed by atoms with Gasteiger partial charge in [-0.25, -0.2) is 0 Å². The molecule has 1 saturated heterocycles. The quantitative estimate of drug-likeness (QED) is 0.182. The minimum atomic E-state index is -1.28. The average Bonchev–Trinajstić information content (AvgIpc) is 3.05. The summed E-state index contributed by atoms with van der Waals surface area (Å²) in [7, 11) is 1.52. The maximum absolute atomic E-state index is 14.3. The highest BCUT2D eigenvalue weighted by atomic mass is 16.5. The lowest BCUT2D eigenvalue weighted by molar-refractivity contribution is -0.175. The van der Waals surface area contributed by atoms with E-state index in [1.165, 1.54) is 7.11 Å². The number of ether oxygens (including phenoxy) is 1. The van der Waals surface area contributed by atoms with Gasteiger partial charge in [0.1, 0.15) is 5.78 Å². The Morgan fingerprint density at radius 2 is 1.67 bits per heavy atom. The van der Waals surface area contributed by atoms with Gasteiger partial charge in [-0.2, -0.15) is 0 Å². The highest BCUT2D eigenvalue weighted by molar-refractivity contribution is 5.81. The van der Waals surface area contributed by atoms with Crippen molar-refractivity contribution >= 4 is 5.78 Å². The number of benzene rings is 3. The summed E-state index contributed by atoms with van der Waals surface area (Å²) in [5.74, 6) is 6.35. The van der Waals surface area contributed by atoms with Crippen LogP contribution in [0.1, 0.15) is 74.0 Å². The van der Waals surface area contributed by atoms with E-state index in [0.29, 0.717) is 31.6 Å². The largest absolute Gasteiger partial charge is 0.504 e. The van der Waals surface area contributed by atoms with Crippen molar-refractivity contribution in [2.75, 3.05) is 13.7 Å². The van der Waals surface area contributed by atoms with E-state index in [1.807, 2.05) is 36.4 Å². The van der Waals surface area contributed by atoms with Crippen LogP contribution in [-0.2, 0) is 16.6 Å². The number of aliphatic hydroxyl groups is 1. The van der Waals surface area contributed by atoms with Crippen LogP contribution in [-0.4, -0.2) is 51.0 Å². The molecular formula is C39H43NO6. The molecule has 1 heterocycles. The van der Waals surface area contributed by atoms with E-state index in [1.54, 1.807) is 18.2 Å². The lowest BCUT2D eigenvalue weighted by atomic mass is 9.40. The summed E-state index contributed by atoms with van der Waals surface area (Å²) in [6, 6.07) is 20.6. The molecule has 240 valence electrons. The second kappa shape index (κ2) is 11.7. The van der Waals surface area contributed by atoms with E-state index < -0.39 is 11.0 Å². The molecule has 5 N–H and O–H groups in total. The fourth-order valence-electron chi connectivity index (χ4n) is 9.80. The normalized spacial score (nSPS) is 33.7. The Morgan fingerprint density at radius 3 is 2.46 bits per heavy atom. The standard InChI is InChI=1S/C39H43NO6/c1-46-35-20-27(11-13-33(35)43)31-22-30(41)23-37(45)17-18-38-15-5-6-16-39(38,29-12-14-32(42)34(44)21-29)36(37)28(24-40-38)10-9-26(31)19-25-7-3-2-4-8-25/h2-4,7-8,11-14,20-21,26,28,31,36,40,42-45H,5-6,15-19,22-24H2,1H3/t26-,28-,31+,36+,37+,38-,39-/m1/s1. The van der Waals surface area contributed by atoms with Gasteiger partial charge in [-0.1, -0.05) is 67.1 Å². The zero-order valence-electron chi connectivity index (χ0n) is 26.3. The number of rotatable bonds is 5. The van der Waals surface area contributed by atoms with Gasteiger partial charge < -0.3 is 30.5 Å². The monoisotopic (exact) mass is 621 g/mol. The molecular weight excluding hydrogens is 578 g/mol. The predicted octanol–water partition coefficient (Wildman–Crippen LogP) is 5.73. The molecule has 46 heavy (non-hydrogen) atoms. The molecule has 3 aliphatic carbocycles. The van der Waals surface area contributed by atoms with Gasteiger partial charge in [-0.05, 0) is 73.1 Å². The molecule has 0 spiro atoms. The molecule has 3 aromatic carbocycles. The number of phenolic OH excluding ortho intramolecular Hbond substituents is 3. The Morgan fingerprint density at radius 1 is 0.891 bits per heavy atom. The predicted molar refractivity (Wildman–Crippen MR) is 175 cm³/mol. The maximum atomic E-state index is 14.3. The molecule has 7 atom stereocenters. The molecule has 7 rings (SSSR count). The number of phenols is 3. The summed E-state index contributed by atoms with van der Waals surface area (Å²) >= 11 is 0. The summed E-state index contributed by atoms with van der Waals surface area (Å²) in [5, 5.41) is 48.0. The average molecular weight is 622 g/mol. The summed E-state index contributed by atoms with van der Waals surface area (Å²) in [6.07, 6.45) is 5.85. The van der Waals surface area contributed by atoms with Crippen LogP contribution in [0.4, 0.5) is 0 Å². The van der Waals surface area contributed by atoms with Gasteiger partial charge in [-0.15, -0.1) is 0 Å². The first kappa shape index (κ1) is 30.7. The number of piperidine rings is 1. The van der Waals surface area contributed by atoms with Crippen LogP contribution < -0.4 is 10.1 Å². The fourth-order valence-corrected chi connectivity index (χ4v) is 9.80. The fraction of sp³-hybridized carbons (Fsp3) is 0.462. The van der Waals surface area contributed by atoms with Gasteiger partial charge in [0.05, 0.1) is 12.7 Å². The van der Waals surface area contributed by atoms with Crippen molar-refractivity contribution in [3.63, 3.8) is 0 Å². The van der Waals surface area contributed by atoms with E-state index in [4.69, 9.17) is 4.74 Å². The van der Waals surface area contributed by atoms with Crippen molar-refractivity contribution in [2.24, 2.45) is 17.8 Å². The van der Waals surface area contributed by atoms with Crippen molar-refractivity contribution in [1.82, 2.24) is 5.32 Å². The van der Waals surface area contributed by atoms with Crippen molar-refractivity contribution in [3.8, 4) is 34.8 Å². The first-order chi connectivity index (χ1) is 22.2. The molecule has 0 radical (unpaired) electrons. The molecule has 3 fully saturated rings. The van der Waals surface area contributed by atoms with Crippen LogP contribution in [0.5, 0.6) is 23.0 Å². The Bertz CT molecular complexity index is 1700. The van der Waals surface area contributed by atoms with Crippen LogP contribution in [0.25, 0.3) is 0 Å². The molecule has 2 bridgehead atoms. The molecule has 4 aliphatic rings. The Hall–Kier alpha value is -3.99. The van der Waals surface area contributed by atoms with Gasteiger partial charge in [0.2, 0.25) is 0 Å². The first-order valence-electron chi connectivity index (χ1n) is 16.6. The Kier molecular flexibility index (Phi) is 7.77. The molecule has 1 aliphatic heterocycles. The molecule has 7 heteroatoms. The number of ketones is 1. The molecule has 2 saturated carbocycles. The summed E-state index contributed by atoms with van der Waals surface area (Å²) in [6.45, 7) is 0.607. The van der Waals surface area contributed by atoms with Gasteiger partial charge in [-0.3, -0.25) is 4.79 Å². The van der Waals surface area contributed by atoms with Crippen molar-refractivity contribution < 1.29 is 30.0 Å². The Labute approximate surface area is 270 Å². The number of nitrogens with one attached hydrogen (secondary N) is 1. The van der Waals surface area contributed by atoms with Crippen LogP contribution in [0.15, 0.2) is 66.7 Å². The number of carbonyl (C=O) groups is 1. The number of carbonyl (C=O) groups excluding carboxylic acids is 1. The summed E-state index contributed by atoms with van der Waals surface area (Å²) in [5.41, 5.74) is 0.737. The molecule has 0 amide bonds. The van der Waals surface area contributed by atoms with Crippen LogP contribution in [0, 0.1) is 29.6 Å². The van der Waals surface area contributed by atoms with Crippen LogP contribution in [0.2, 0.25) is 0 Å². The van der Waals surface area contributed by atoms with Crippen molar-refractivity contribution in [3.05, 3.63) is 83.4 Å². The summed E-state index contributed by atoms with van der Waals surface area (Å²) in [4.78, 5) is 14.3. The topological polar surface area (TPSA) is 119 Å². The molecule has 3 aromatic rings. The van der Waals surface area contributed by atoms with Crippen LogP contribution >= 0.6 is 0 Å². The highest BCUT2D eigenvalue weighted by Crippen LogP contribution is 2.65. The van der Waals surface area contributed by atoms with Gasteiger partial charge in [0, 0.05) is 54.0 Å². The minimum absolute atomic E-state index is 0.00870. The number of Topliss-reactive ketones (excluding diaryl/α,β-unsaturated/α-hetero) is 1. The number of methoxy groups -OCH3 is 1. The zero-order valence-corrected chi connectivity index (χ0v) is 26.3. The second-order valence-corrected chi connectivity index (χ2v) is 14.1. The van der Waals surface area contributed by atoms with E-state index >= 15 is 0 Å². The van der Waals surface area contributed by atoms with Gasteiger partial charge in [0.25, 0.3) is 0 Å². The third-order valence-corrected chi connectivity index (χ3v) is 11.7. The number of hydrogen-bond donors (Lipinski definition) is 5. The van der Waals surface area contributed by atoms with E-state index in [-0.39, 0.29) is 65.1 Å². The SMILES string of the molecule is COc1cc([C@H]2CC(=O)C[C@@]3(O)CC[C@]45CCCC[C@@]4(c4ccc(O)c(O)c4)[C@H]3[C@H](C#C[C@@H]2Cc2ccccc2)CN5)ccc1O.